The highest BCUT2D eigenvalue weighted by Gasteiger charge is 2.23. The van der Waals surface area contributed by atoms with Crippen LogP contribution in [0.3, 0.4) is 0 Å². The number of anilines is 2. The van der Waals surface area contributed by atoms with Gasteiger partial charge in [-0.1, -0.05) is 32.0 Å². The van der Waals surface area contributed by atoms with Crippen LogP contribution in [0.4, 0.5) is 17.2 Å². The van der Waals surface area contributed by atoms with Gasteiger partial charge < -0.3 is 9.80 Å². The van der Waals surface area contributed by atoms with E-state index in [2.05, 4.69) is 57.2 Å². The van der Waals surface area contributed by atoms with Crippen LogP contribution in [-0.4, -0.2) is 43.2 Å². The van der Waals surface area contributed by atoms with Crippen LogP contribution in [0.5, 0.6) is 0 Å². The molecule has 6 nitrogen and oxygen atoms in total. The predicted octanol–water partition coefficient (Wildman–Crippen LogP) is 3.47. The third-order valence-corrected chi connectivity index (χ3v) is 4.41. The van der Waals surface area contributed by atoms with Crippen molar-refractivity contribution >= 4 is 23.2 Å². The normalized spacial score (nSPS) is 15.7. The number of para-hydroxylation sites is 1. The van der Waals surface area contributed by atoms with E-state index in [4.69, 9.17) is 0 Å². The van der Waals surface area contributed by atoms with Crippen LogP contribution in [0.25, 0.3) is 0 Å². The fourth-order valence-electron chi connectivity index (χ4n) is 2.75. The first-order chi connectivity index (χ1) is 12.5. The Bertz CT molecular complexity index is 743. The van der Waals surface area contributed by atoms with Gasteiger partial charge in [-0.2, -0.15) is 0 Å². The van der Waals surface area contributed by atoms with Gasteiger partial charge in [-0.3, -0.25) is 10.4 Å². The Labute approximate surface area is 156 Å². The van der Waals surface area contributed by atoms with Crippen LogP contribution in [0.15, 0.2) is 53.7 Å². The fraction of sp³-hybridized carbons (Fsp3) is 0.400. The molecule has 1 aromatic carbocycles. The largest absolute Gasteiger partial charge is 0.360 e. The molecule has 1 N–H and O–H groups in total. The number of benzene rings is 1. The summed E-state index contributed by atoms with van der Waals surface area (Å²) in [7, 11) is 4.13. The van der Waals surface area contributed by atoms with Crippen LogP contribution in [-0.2, 0) is 0 Å². The summed E-state index contributed by atoms with van der Waals surface area (Å²) in [6.07, 6.45) is 3.02. The molecule has 0 aliphatic carbocycles. The van der Waals surface area contributed by atoms with E-state index in [1.165, 1.54) is 0 Å². The summed E-state index contributed by atoms with van der Waals surface area (Å²) in [5.74, 6) is 2.51. The van der Waals surface area contributed by atoms with Crippen molar-refractivity contribution in [3.8, 4) is 0 Å². The van der Waals surface area contributed by atoms with Crippen LogP contribution in [0.2, 0.25) is 0 Å². The van der Waals surface area contributed by atoms with Gasteiger partial charge in [0.25, 0.3) is 0 Å². The third-order valence-electron chi connectivity index (χ3n) is 4.41. The lowest BCUT2D eigenvalue weighted by Crippen LogP contribution is -2.33. The number of rotatable bonds is 6. The first kappa shape index (κ1) is 18.0. The van der Waals surface area contributed by atoms with E-state index in [0.29, 0.717) is 5.92 Å². The number of pyridine rings is 1. The molecule has 1 aliphatic heterocycles. The first-order valence-corrected chi connectivity index (χ1v) is 9.09. The molecule has 0 amide bonds. The van der Waals surface area contributed by atoms with Gasteiger partial charge >= 0.3 is 0 Å². The van der Waals surface area contributed by atoms with E-state index in [9.17, 15) is 0 Å². The molecule has 0 saturated carbocycles. The van der Waals surface area contributed by atoms with E-state index in [1.54, 1.807) is 0 Å². The zero-order valence-electron chi connectivity index (χ0n) is 16.1. The molecule has 1 aliphatic rings. The molecule has 0 unspecified atom stereocenters. The predicted molar refractivity (Wildman–Crippen MR) is 109 cm³/mol. The number of guanidine groups is 1. The molecule has 3 rings (SSSR count). The molecular weight excluding hydrogens is 324 g/mol. The maximum Gasteiger partial charge on any atom is 0.219 e. The van der Waals surface area contributed by atoms with Crippen molar-refractivity contribution in [3.05, 3.63) is 48.7 Å². The highest BCUT2D eigenvalue weighted by Crippen LogP contribution is 2.22. The van der Waals surface area contributed by atoms with Crippen molar-refractivity contribution in [2.45, 2.75) is 20.3 Å². The topological polar surface area (TPSA) is 47.0 Å². The fourth-order valence-corrected chi connectivity index (χ4v) is 2.75. The zero-order chi connectivity index (χ0) is 18.5. The Morgan fingerprint density at radius 3 is 2.73 bits per heavy atom. The Hall–Kier alpha value is -2.76. The SMILES string of the molecule is CC(C)CCN(C)c1cc(N2CN(C)C(=Nc3ccccc3)N2)ccn1. The van der Waals surface area contributed by atoms with E-state index in [0.717, 1.165) is 42.8 Å². The van der Waals surface area contributed by atoms with Gasteiger partial charge in [0.2, 0.25) is 5.96 Å². The summed E-state index contributed by atoms with van der Waals surface area (Å²) in [4.78, 5) is 13.5. The molecule has 2 heterocycles. The summed E-state index contributed by atoms with van der Waals surface area (Å²) in [5, 5.41) is 2.09. The standard InChI is InChI=1S/C20H28N6/c1-16(2)11-13-24(3)19-14-18(10-12-21-19)26-15-25(4)20(23-26)22-17-8-6-5-7-9-17/h5-10,12,14,16H,11,13,15H2,1-4H3,(H,22,23). The monoisotopic (exact) mass is 352 g/mol. The van der Waals surface area contributed by atoms with Gasteiger partial charge in [0, 0.05) is 32.9 Å². The van der Waals surface area contributed by atoms with Crippen LogP contribution < -0.4 is 15.3 Å². The van der Waals surface area contributed by atoms with E-state index in [-0.39, 0.29) is 0 Å². The van der Waals surface area contributed by atoms with Gasteiger partial charge in [0.15, 0.2) is 0 Å². The average Bonchev–Trinajstić information content (AvgIpc) is 3.01. The zero-order valence-corrected chi connectivity index (χ0v) is 16.1. The second-order valence-corrected chi connectivity index (χ2v) is 7.13. The molecule has 0 radical (unpaired) electrons. The highest BCUT2D eigenvalue weighted by molar-refractivity contribution is 5.86. The third kappa shape index (κ3) is 4.45. The van der Waals surface area contributed by atoms with Crippen LogP contribution in [0, 0.1) is 5.92 Å². The molecule has 6 heteroatoms. The number of nitrogens with zero attached hydrogens (tertiary/aromatic N) is 5. The quantitative estimate of drug-likeness (QED) is 0.863. The first-order valence-electron chi connectivity index (χ1n) is 9.09. The minimum Gasteiger partial charge on any atom is -0.360 e. The van der Waals surface area contributed by atoms with E-state index < -0.39 is 0 Å². The molecule has 0 spiro atoms. The number of aromatic nitrogens is 1. The molecule has 0 atom stereocenters. The molecule has 2 aromatic rings. The summed E-state index contributed by atoms with van der Waals surface area (Å²) < 4.78 is 0. The van der Waals surface area contributed by atoms with Gasteiger partial charge in [-0.25, -0.2) is 9.98 Å². The van der Waals surface area contributed by atoms with Gasteiger partial charge in [-0.15, -0.1) is 0 Å². The Balaban J connectivity index is 1.72. The van der Waals surface area contributed by atoms with Gasteiger partial charge in [0.05, 0.1) is 11.4 Å². The number of hydrogen-bond acceptors (Lipinski definition) is 4. The van der Waals surface area contributed by atoms with Crippen molar-refractivity contribution in [1.29, 1.82) is 0 Å². The van der Waals surface area contributed by atoms with Crippen LogP contribution >= 0.6 is 0 Å². The van der Waals surface area contributed by atoms with Crippen LogP contribution in [0.1, 0.15) is 20.3 Å². The number of nitrogens with one attached hydrogen (secondary N) is 1. The second-order valence-electron chi connectivity index (χ2n) is 7.13. The summed E-state index contributed by atoms with van der Waals surface area (Å²) >= 11 is 0. The minimum absolute atomic E-state index is 0.686. The Kier molecular flexibility index (Phi) is 5.61. The van der Waals surface area contributed by atoms with E-state index >= 15 is 0 Å². The highest BCUT2D eigenvalue weighted by atomic mass is 15.7. The van der Waals surface area contributed by atoms with Crippen molar-refractivity contribution < 1.29 is 0 Å². The number of hydrogen-bond donors (Lipinski definition) is 1. The van der Waals surface area contributed by atoms with Gasteiger partial charge in [-0.05, 0) is 30.5 Å². The molecule has 0 bridgehead atoms. The second kappa shape index (κ2) is 8.08. The molecule has 26 heavy (non-hydrogen) atoms. The summed E-state index contributed by atoms with van der Waals surface area (Å²) in [6, 6.07) is 14.1. The van der Waals surface area contributed by atoms with Crippen molar-refractivity contribution in [2.75, 3.05) is 37.2 Å². The lowest BCUT2D eigenvalue weighted by atomic mass is 10.1. The molecule has 138 valence electrons. The smallest absolute Gasteiger partial charge is 0.219 e. The molecular formula is C20H28N6. The summed E-state index contributed by atoms with van der Waals surface area (Å²) in [6.45, 7) is 6.22. The maximum absolute atomic E-state index is 4.68. The minimum atomic E-state index is 0.686. The lowest BCUT2D eigenvalue weighted by Gasteiger charge is -2.22. The van der Waals surface area contributed by atoms with E-state index in [1.807, 2.05) is 49.6 Å². The number of aliphatic imine (C=N–C) groups is 1. The van der Waals surface area contributed by atoms with Crippen molar-refractivity contribution in [1.82, 2.24) is 15.3 Å². The maximum atomic E-state index is 4.68. The number of hydrazine groups is 1. The Morgan fingerprint density at radius 2 is 2.00 bits per heavy atom. The lowest BCUT2D eigenvalue weighted by molar-refractivity contribution is 0.547. The molecule has 1 fully saturated rings. The summed E-state index contributed by atoms with van der Waals surface area (Å²) in [5.41, 5.74) is 5.40. The van der Waals surface area contributed by atoms with Crippen molar-refractivity contribution in [2.24, 2.45) is 10.9 Å². The van der Waals surface area contributed by atoms with Crippen molar-refractivity contribution in [3.63, 3.8) is 0 Å². The molecule has 1 aromatic heterocycles. The average molecular weight is 352 g/mol. The molecule has 1 saturated heterocycles. The van der Waals surface area contributed by atoms with Gasteiger partial charge in [0.1, 0.15) is 12.5 Å². The Morgan fingerprint density at radius 1 is 1.23 bits per heavy atom.